The second-order valence-electron chi connectivity index (χ2n) is 4.69. The van der Waals surface area contributed by atoms with Crippen LogP contribution in [0.15, 0.2) is 24.3 Å². The molecule has 0 radical (unpaired) electrons. The first-order chi connectivity index (χ1) is 8.70. The molecule has 106 valence electrons. The van der Waals surface area contributed by atoms with Crippen LogP contribution in [0, 0.1) is 0 Å². The maximum absolute atomic E-state index is 11.9. The Bertz CT molecular complexity index is 422. The molecule has 1 atom stereocenters. The third-order valence-electron chi connectivity index (χ3n) is 3.10. The summed E-state index contributed by atoms with van der Waals surface area (Å²) >= 11 is 0. The quantitative estimate of drug-likeness (QED) is 0.838. The van der Waals surface area contributed by atoms with Gasteiger partial charge in [-0.1, -0.05) is 18.2 Å². The molecule has 4 nitrogen and oxygen atoms in total. The number of nitrogens with one attached hydrogen (secondary N) is 2. The van der Waals surface area contributed by atoms with Crippen LogP contribution in [0.1, 0.15) is 25.3 Å². The lowest BCUT2D eigenvalue weighted by molar-refractivity contribution is -0.122. The molecule has 0 aliphatic heterocycles. The molecule has 19 heavy (non-hydrogen) atoms. The SMILES string of the molecule is COc1ccccc1CNC(=O)C(C)NC1CC1.Cl. The highest BCUT2D eigenvalue weighted by Crippen LogP contribution is 2.19. The summed E-state index contributed by atoms with van der Waals surface area (Å²) in [7, 11) is 1.64. The second-order valence-corrected chi connectivity index (χ2v) is 4.69. The van der Waals surface area contributed by atoms with Gasteiger partial charge in [0, 0.05) is 18.2 Å². The van der Waals surface area contributed by atoms with Crippen molar-refractivity contribution < 1.29 is 9.53 Å². The zero-order valence-electron chi connectivity index (χ0n) is 11.3. The summed E-state index contributed by atoms with van der Waals surface area (Å²) in [6.45, 7) is 2.40. The van der Waals surface area contributed by atoms with E-state index in [1.165, 1.54) is 12.8 Å². The van der Waals surface area contributed by atoms with Crippen LogP contribution in [0.5, 0.6) is 5.75 Å². The monoisotopic (exact) mass is 284 g/mol. The van der Waals surface area contributed by atoms with Crippen LogP contribution < -0.4 is 15.4 Å². The van der Waals surface area contributed by atoms with Gasteiger partial charge in [0.05, 0.1) is 13.2 Å². The van der Waals surface area contributed by atoms with E-state index in [1.54, 1.807) is 7.11 Å². The minimum Gasteiger partial charge on any atom is -0.496 e. The Kier molecular flexibility index (Phi) is 6.12. The molecule has 1 aromatic carbocycles. The molecule has 0 bridgehead atoms. The molecule has 0 aromatic heterocycles. The van der Waals surface area contributed by atoms with Gasteiger partial charge in [0.15, 0.2) is 0 Å². The highest BCUT2D eigenvalue weighted by Gasteiger charge is 2.25. The number of halogens is 1. The number of carbonyl (C=O) groups is 1. The van der Waals surface area contributed by atoms with Crippen LogP contribution in [-0.2, 0) is 11.3 Å². The van der Waals surface area contributed by atoms with Crippen LogP contribution in [0.2, 0.25) is 0 Å². The molecule has 1 fully saturated rings. The Balaban J connectivity index is 0.00000180. The number of hydrogen-bond acceptors (Lipinski definition) is 3. The number of amides is 1. The molecule has 0 heterocycles. The van der Waals surface area contributed by atoms with Gasteiger partial charge in [0.1, 0.15) is 5.75 Å². The summed E-state index contributed by atoms with van der Waals surface area (Å²) in [5, 5.41) is 6.20. The highest BCUT2D eigenvalue weighted by atomic mass is 35.5. The molecule has 1 aromatic rings. The molecule has 1 aliphatic carbocycles. The van der Waals surface area contributed by atoms with Crippen molar-refractivity contribution in [2.75, 3.05) is 7.11 Å². The van der Waals surface area contributed by atoms with E-state index in [-0.39, 0.29) is 24.4 Å². The molecular weight excluding hydrogens is 264 g/mol. The second kappa shape index (κ2) is 7.36. The van der Waals surface area contributed by atoms with Crippen molar-refractivity contribution in [2.45, 2.75) is 38.4 Å². The Labute approximate surface area is 120 Å². The topological polar surface area (TPSA) is 50.4 Å². The predicted octanol–water partition coefficient (Wildman–Crippen LogP) is 1.87. The first-order valence-corrected chi connectivity index (χ1v) is 6.36. The summed E-state index contributed by atoms with van der Waals surface area (Å²) in [6, 6.07) is 8.12. The van der Waals surface area contributed by atoms with Crippen molar-refractivity contribution in [1.82, 2.24) is 10.6 Å². The Morgan fingerprint density at radius 3 is 2.74 bits per heavy atom. The minimum absolute atomic E-state index is 0. The van der Waals surface area contributed by atoms with Crippen LogP contribution in [0.25, 0.3) is 0 Å². The van der Waals surface area contributed by atoms with E-state index < -0.39 is 0 Å². The number of carbonyl (C=O) groups excluding carboxylic acids is 1. The fourth-order valence-corrected chi connectivity index (χ4v) is 1.86. The molecule has 1 unspecified atom stereocenters. The largest absolute Gasteiger partial charge is 0.496 e. The molecule has 2 rings (SSSR count). The Morgan fingerprint density at radius 2 is 2.11 bits per heavy atom. The van der Waals surface area contributed by atoms with Crippen LogP contribution in [0.4, 0.5) is 0 Å². The minimum atomic E-state index is -0.132. The lowest BCUT2D eigenvalue weighted by Crippen LogP contribution is -2.42. The van der Waals surface area contributed by atoms with Gasteiger partial charge in [-0.15, -0.1) is 12.4 Å². The fraction of sp³-hybridized carbons (Fsp3) is 0.500. The van der Waals surface area contributed by atoms with Gasteiger partial charge in [0.2, 0.25) is 5.91 Å². The van der Waals surface area contributed by atoms with Crippen molar-refractivity contribution in [3.63, 3.8) is 0 Å². The number of rotatable bonds is 6. The number of methoxy groups -OCH3 is 1. The lowest BCUT2D eigenvalue weighted by Gasteiger charge is -2.14. The van der Waals surface area contributed by atoms with Gasteiger partial charge in [-0.2, -0.15) is 0 Å². The van der Waals surface area contributed by atoms with Crippen molar-refractivity contribution in [2.24, 2.45) is 0 Å². The molecule has 1 amide bonds. The fourth-order valence-electron chi connectivity index (χ4n) is 1.86. The molecule has 1 saturated carbocycles. The molecule has 5 heteroatoms. The van der Waals surface area contributed by atoms with Gasteiger partial charge >= 0.3 is 0 Å². The van der Waals surface area contributed by atoms with Gasteiger partial charge in [-0.3, -0.25) is 4.79 Å². The van der Waals surface area contributed by atoms with Crippen LogP contribution in [-0.4, -0.2) is 25.1 Å². The highest BCUT2D eigenvalue weighted by molar-refractivity contribution is 5.85. The van der Waals surface area contributed by atoms with E-state index in [2.05, 4.69) is 10.6 Å². The van der Waals surface area contributed by atoms with Crippen molar-refractivity contribution in [1.29, 1.82) is 0 Å². The third-order valence-corrected chi connectivity index (χ3v) is 3.10. The molecule has 2 N–H and O–H groups in total. The molecular formula is C14H21ClN2O2. The predicted molar refractivity (Wildman–Crippen MR) is 77.7 cm³/mol. The molecule has 0 spiro atoms. The van der Waals surface area contributed by atoms with E-state index in [0.717, 1.165) is 11.3 Å². The first kappa shape index (κ1) is 15.8. The maximum atomic E-state index is 11.9. The third kappa shape index (κ3) is 4.73. The van der Waals surface area contributed by atoms with E-state index in [9.17, 15) is 4.79 Å². The van der Waals surface area contributed by atoms with Crippen molar-refractivity contribution in [3.8, 4) is 5.75 Å². The van der Waals surface area contributed by atoms with E-state index >= 15 is 0 Å². The van der Waals surface area contributed by atoms with Crippen LogP contribution >= 0.6 is 12.4 Å². The maximum Gasteiger partial charge on any atom is 0.237 e. The van der Waals surface area contributed by atoms with E-state index in [4.69, 9.17) is 4.74 Å². The standard InChI is InChI=1S/C14H20N2O2.ClH/c1-10(16-12-7-8-12)14(17)15-9-11-5-3-4-6-13(11)18-2;/h3-6,10,12,16H,7-9H2,1-2H3,(H,15,17);1H. The molecule has 1 aliphatic rings. The number of para-hydroxylation sites is 1. The van der Waals surface area contributed by atoms with Gasteiger partial charge in [-0.25, -0.2) is 0 Å². The zero-order valence-corrected chi connectivity index (χ0v) is 12.1. The Hall–Kier alpha value is -1.26. The summed E-state index contributed by atoms with van der Waals surface area (Å²) in [5.41, 5.74) is 0.993. The smallest absolute Gasteiger partial charge is 0.237 e. The average Bonchev–Trinajstić information content (AvgIpc) is 3.20. The van der Waals surface area contributed by atoms with E-state index in [0.29, 0.717) is 12.6 Å². The van der Waals surface area contributed by atoms with Crippen LogP contribution in [0.3, 0.4) is 0 Å². The number of ether oxygens (including phenoxy) is 1. The average molecular weight is 285 g/mol. The van der Waals surface area contributed by atoms with E-state index in [1.807, 2.05) is 31.2 Å². The molecule has 0 saturated heterocycles. The lowest BCUT2D eigenvalue weighted by atomic mass is 10.2. The van der Waals surface area contributed by atoms with Gasteiger partial charge in [0.25, 0.3) is 0 Å². The summed E-state index contributed by atoms with van der Waals surface area (Å²) in [4.78, 5) is 11.9. The normalized spacial score (nSPS) is 15.3. The summed E-state index contributed by atoms with van der Waals surface area (Å²) in [5.74, 6) is 0.841. The number of benzene rings is 1. The summed E-state index contributed by atoms with van der Waals surface area (Å²) < 4.78 is 5.25. The van der Waals surface area contributed by atoms with Crippen molar-refractivity contribution >= 4 is 18.3 Å². The summed E-state index contributed by atoms with van der Waals surface area (Å²) in [6.07, 6.45) is 2.37. The first-order valence-electron chi connectivity index (χ1n) is 6.36. The Morgan fingerprint density at radius 1 is 1.42 bits per heavy atom. The van der Waals surface area contributed by atoms with Gasteiger partial charge in [-0.05, 0) is 25.8 Å². The van der Waals surface area contributed by atoms with Crippen molar-refractivity contribution in [3.05, 3.63) is 29.8 Å². The number of hydrogen-bond donors (Lipinski definition) is 2. The van der Waals surface area contributed by atoms with Gasteiger partial charge < -0.3 is 15.4 Å². The zero-order chi connectivity index (χ0) is 13.0.